The SMILES string of the molecule is COc1ccc(C(O)c2scnc2Br)cc1OC(F)F. The van der Waals surface area contributed by atoms with Crippen LogP contribution < -0.4 is 9.47 Å². The number of hydrogen-bond acceptors (Lipinski definition) is 5. The van der Waals surface area contributed by atoms with Crippen molar-refractivity contribution < 1.29 is 23.4 Å². The van der Waals surface area contributed by atoms with E-state index >= 15 is 0 Å². The number of aliphatic hydroxyl groups excluding tert-OH is 1. The molecular formula is C12H10BrF2NO3S. The summed E-state index contributed by atoms with van der Waals surface area (Å²) in [4.78, 5) is 4.55. The van der Waals surface area contributed by atoms with Gasteiger partial charge in [0.25, 0.3) is 0 Å². The van der Waals surface area contributed by atoms with Gasteiger partial charge in [-0.1, -0.05) is 6.07 Å². The average molecular weight is 366 g/mol. The molecule has 0 saturated carbocycles. The summed E-state index contributed by atoms with van der Waals surface area (Å²) in [5.41, 5.74) is 1.98. The highest BCUT2D eigenvalue weighted by atomic mass is 79.9. The molecule has 0 spiro atoms. The standard InChI is InChI=1S/C12H10BrF2NO3S/c1-18-7-3-2-6(4-8(7)19-12(14)15)9(17)10-11(13)16-5-20-10/h2-5,9,12,17H,1H3. The first kappa shape index (κ1) is 15.1. The molecule has 8 heteroatoms. The van der Waals surface area contributed by atoms with Gasteiger partial charge in [0.15, 0.2) is 11.5 Å². The molecule has 1 aromatic heterocycles. The quantitative estimate of drug-likeness (QED) is 0.879. The minimum Gasteiger partial charge on any atom is -0.493 e. The van der Waals surface area contributed by atoms with E-state index in [-0.39, 0.29) is 11.5 Å². The van der Waals surface area contributed by atoms with Crippen molar-refractivity contribution >= 4 is 27.3 Å². The lowest BCUT2D eigenvalue weighted by Crippen LogP contribution is -2.05. The highest BCUT2D eigenvalue weighted by molar-refractivity contribution is 9.10. The third-order valence-electron chi connectivity index (χ3n) is 2.52. The van der Waals surface area contributed by atoms with Gasteiger partial charge >= 0.3 is 6.61 Å². The van der Waals surface area contributed by atoms with Crippen LogP contribution in [0, 0.1) is 0 Å². The maximum absolute atomic E-state index is 12.4. The second-order valence-corrected chi connectivity index (χ2v) is 5.34. The van der Waals surface area contributed by atoms with Crippen molar-refractivity contribution in [3.63, 3.8) is 0 Å². The maximum atomic E-state index is 12.4. The summed E-state index contributed by atoms with van der Waals surface area (Å²) < 4.78 is 34.5. The van der Waals surface area contributed by atoms with Gasteiger partial charge in [-0.25, -0.2) is 4.98 Å². The largest absolute Gasteiger partial charge is 0.493 e. The van der Waals surface area contributed by atoms with Crippen molar-refractivity contribution in [2.45, 2.75) is 12.7 Å². The molecule has 1 atom stereocenters. The van der Waals surface area contributed by atoms with E-state index in [9.17, 15) is 13.9 Å². The maximum Gasteiger partial charge on any atom is 0.387 e. The molecule has 1 heterocycles. The summed E-state index contributed by atoms with van der Waals surface area (Å²) in [6, 6.07) is 4.36. The predicted molar refractivity (Wildman–Crippen MR) is 73.5 cm³/mol. The van der Waals surface area contributed by atoms with Crippen LogP contribution in [-0.2, 0) is 0 Å². The van der Waals surface area contributed by atoms with E-state index in [1.165, 1.54) is 30.6 Å². The first-order valence-corrected chi connectivity index (χ1v) is 7.10. The zero-order valence-electron chi connectivity index (χ0n) is 10.2. The Bertz CT molecular complexity index is 594. The molecule has 0 fully saturated rings. The second kappa shape index (κ2) is 6.47. The van der Waals surface area contributed by atoms with Crippen molar-refractivity contribution in [1.29, 1.82) is 0 Å². The van der Waals surface area contributed by atoms with Gasteiger partial charge in [0, 0.05) is 0 Å². The number of nitrogens with zero attached hydrogens (tertiary/aromatic N) is 1. The van der Waals surface area contributed by atoms with Crippen molar-refractivity contribution in [3.8, 4) is 11.5 Å². The Kier molecular flexibility index (Phi) is 4.90. The molecular weight excluding hydrogens is 356 g/mol. The van der Waals surface area contributed by atoms with E-state index in [1.807, 2.05) is 0 Å². The molecule has 0 aliphatic rings. The summed E-state index contributed by atoms with van der Waals surface area (Å²) in [6.45, 7) is -2.97. The van der Waals surface area contributed by atoms with Gasteiger partial charge in [-0.2, -0.15) is 8.78 Å². The van der Waals surface area contributed by atoms with Gasteiger partial charge in [-0.15, -0.1) is 11.3 Å². The van der Waals surface area contributed by atoms with Crippen LogP contribution in [-0.4, -0.2) is 23.8 Å². The second-order valence-electron chi connectivity index (χ2n) is 3.70. The number of methoxy groups -OCH3 is 1. The lowest BCUT2D eigenvalue weighted by Gasteiger charge is -2.14. The normalized spacial score (nSPS) is 12.5. The minimum atomic E-state index is -2.97. The van der Waals surface area contributed by atoms with Gasteiger partial charge in [0.1, 0.15) is 10.7 Å². The number of halogens is 3. The molecule has 1 aromatic carbocycles. The van der Waals surface area contributed by atoms with Crippen molar-refractivity contribution in [3.05, 3.63) is 38.8 Å². The molecule has 2 rings (SSSR count). The molecule has 0 saturated heterocycles. The third kappa shape index (κ3) is 3.25. The Morgan fingerprint density at radius 3 is 2.65 bits per heavy atom. The summed E-state index contributed by atoms with van der Waals surface area (Å²) in [7, 11) is 1.35. The van der Waals surface area contributed by atoms with E-state index < -0.39 is 12.7 Å². The number of hydrogen-bond donors (Lipinski definition) is 1. The van der Waals surface area contributed by atoms with Crippen LogP contribution in [0.25, 0.3) is 0 Å². The smallest absolute Gasteiger partial charge is 0.387 e. The lowest BCUT2D eigenvalue weighted by molar-refractivity contribution is -0.0513. The molecule has 20 heavy (non-hydrogen) atoms. The Labute approximate surface area is 126 Å². The number of benzene rings is 1. The summed E-state index contributed by atoms with van der Waals surface area (Å²) in [5, 5.41) is 10.2. The minimum absolute atomic E-state index is 0.125. The average Bonchev–Trinajstić information content (AvgIpc) is 2.83. The highest BCUT2D eigenvalue weighted by Crippen LogP contribution is 2.36. The van der Waals surface area contributed by atoms with Gasteiger partial charge in [0.2, 0.25) is 0 Å². The van der Waals surface area contributed by atoms with Crippen molar-refractivity contribution in [2.24, 2.45) is 0 Å². The van der Waals surface area contributed by atoms with Crippen LogP contribution in [0.4, 0.5) is 8.78 Å². The van der Waals surface area contributed by atoms with Crippen LogP contribution >= 0.6 is 27.3 Å². The topological polar surface area (TPSA) is 51.6 Å². The predicted octanol–water partition coefficient (Wildman–Crippen LogP) is 3.60. The van der Waals surface area contributed by atoms with Crippen molar-refractivity contribution in [2.75, 3.05) is 7.11 Å². The number of ether oxygens (including phenoxy) is 2. The van der Waals surface area contributed by atoms with Gasteiger partial charge in [-0.3, -0.25) is 0 Å². The van der Waals surface area contributed by atoms with E-state index in [0.29, 0.717) is 15.0 Å². The Morgan fingerprint density at radius 1 is 1.35 bits per heavy atom. The molecule has 108 valence electrons. The van der Waals surface area contributed by atoms with Gasteiger partial charge < -0.3 is 14.6 Å². The lowest BCUT2D eigenvalue weighted by atomic mass is 10.1. The van der Waals surface area contributed by atoms with Gasteiger partial charge in [0.05, 0.1) is 17.5 Å². The fourth-order valence-electron chi connectivity index (χ4n) is 1.62. The number of aliphatic hydroxyl groups is 1. The molecule has 0 bridgehead atoms. The fraction of sp³-hybridized carbons (Fsp3) is 0.250. The molecule has 1 N–H and O–H groups in total. The Balaban J connectivity index is 2.35. The highest BCUT2D eigenvalue weighted by Gasteiger charge is 2.19. The van der Waals surface area contributed by atoms with E-state index in [2.05, 4.69) is 25.7 Å². The fourth-order valence-corrected chi connectivity index (χ4v) is 3.04. The molecule has 0 aliphatic carbocycles. The first-order chi connectivity index (χ1) is 9.52. The molecule has 1 unspecified atom stereocenters. The Hall–Kier alpha value is -1.25. The van der Waals surface area contributed by atoms with Crippen LogP contribution in [0.2, 0.25) is 0 Å². The van der Waals surface area contributed by atoms with Crippen LogP contribution in [0.5, 0.6) is 11.5 Å². The van der Waals surface area contributed by atoms with Crippen LogP contribution in [0.15, 0.2) is 28.3 Å². The molecule has 0 aliphatic heterocycles. The number of aromatic nitrogens is 1. The molecule has 2 aromatic rings. The summed E-state index contributed by atoms with van der Waals surface area (Å²) in [6.07, 6.45) is -0.984. The van der Waals surface area contributed by atoms with E-state index in [0.717, 1.165) is 0 Å². The zero-order valence-corrected chi connectivity index (χ0v) is 12.6. The van der Waals surface area contributed by atoms with Crippen LogP contribution in [0.3, 0.4) is 0 Å². The summed E-state index contributed by atoms with van der Waals surface area (Å²) >= 11 is 4.47. The van der Waals surface area contributed by atoms with Crippen molar-refractivity contribution in [1.82, 2.24) is 4.98 Å². The molecule has 0 amide bonds. The van der Waals surface area contributed by atoms with E-state index in [1.54, 1.807) is 11.6 Å². The molecule has 4 nitrogen and oxygen atoms in total. The monoisotopic (exact) mass is 365 g/mol. The van der Waals surface area contributed by atoms with Gasteiger partial charge in [-0.05, 0) is 33.6 Å². The number of alkyl halides is 2. The van der Waals surface area contributed by atoms with Crippen LogP contribution in [0.1, 0.15) is 16.5 Å². The number of thiazole rings is 1. The first-order valence-electron chi connectivity index (χ1n) is 5.42. The number of rotatable bonds is 5. The molecule has 0 radical (unpaired) electrons. The zero-order chi connectivity index (χ0) is 14.7. The third-order valence-corrected chi connectivity index (χ3v) is 4.29. The van der Waals surface area contributed by atoms with E-state index in [4.69, 9.17) is 4.74 Å². The summed E-state index contributed by atoms with van der Waals surface area (Å²) in [5.74, 6) is 0.0457. The Morgan fingerprint density at radius 2 is 2.10 bits per heavy atom.